The van der Waals surface area contributed by atoms with E-state index in [1.165, 1.54) is 6.92 Å². The second-order valence-corrected chi connectivity index (χ2v) is 18.9. The van der Waals surface area contributed by atoms with Crippen molar-refractivity contribution in [1.29, 1.82) is 0 Å². The van der Waals surface area contributed by atoms with E-state index >= 15 is 0 Å². The highest BCUT2D eigenvalue weighted by Crippen LogP contribution is 2.39. The minimum absolute atomic E-state index is 0.0780. The number of rotatable bonds is 26. The zero-order valence-electron chi connectivity index (χ0n) is 40.6. The van der Waals surface area contributed by atoms with Crippen LogP contribution < -0.4 is 0 Å². The van der Waals surface area contributed by atoms with Gasteiger partial charge >= 0.3 is 5.97 Å². The van der Waals surface area contributed by atoms with Crippen LogP contribution in [-0.2, 0) is 91.8 Å². The molecule has 0 aromatic heterocycles. The Balaban J connectivity index is 1.19. The lowest BCUT2D eigenvalue weighted by Crippen LogP contribution is -2.66. The number of carbonyl (C=O) groups is 1. The van der Waals surface area contributed by atoms with E-state index in [1.54, 1.807) is 11.8 Å². The predicted octanol–water partition coefficient (Wildman–Crippen LogP) is 10.7. The summed E-state index contributed by atoms with van der Waals surface area (Å²) in [5, 5.41) is 0. The molecule has 0 spiro atoms. The van der Waals surface area contributed by atoms with Crippen LogP contribution in [0.25, 0.3) is 0 Å². The molecule has 6 aromatic rings. The van der Waals surface area contributed by atoms with Gasteiger partial charge in [-0.1, -0.05) is 189 Å². The minimum atomic E-state index is -1.17. The molecule has 12 heteroatoms. The Morgan fingerprint density at radius 2 is 0.803 bits per heavy atom. The second-order valence-electron chi connectivity index (χ2n) is 17.7. The molecule has 0 saturated carbocycles. The van der Waals surface area contributed by atoms with Crippen LogP contribution in [0.15, 0.2) is 182 Å². The fraction of sp³-hybridized carbons (Fsp3) is 0.373. The van der Waals surface area contributed by atoms with Crippen molar-refractivity contribution in [3.8, 4) is 0 Å². The number of ether oxygens (including phenoxy) is 10. The molecule has 0 radical (unpaired) electrons. The molecule has 2 saturated heterocycles. The summed E-state index contributed by atoms with van der Waals surface area (Å²) in [5.41, 5.74) is 5.39. The van der Waals surface area contributed by atoms with Crippen LogP contribution in [0, 0.1) is 0 Å². The topological polar surface area (TPSA) is 109 Å². The maximum atomic E-state index is 13.3. The highest BCUT2D eigenvalue weighted by Gasteiger charge is 2.55. The van der Waals surface area contributed by atoms with Gasteiger partial charge in [-0.2, -0.15) is 0 Å². The van der Waals surface area contributed by atoms with Gasteiger partial charge in [0, 0.05) is 6.92 Å². The molecule has 0 bridgehead atoms. The molecule has 0 N–H and O–H groups in total. The molecule has 2 heterocycles. The molecule has 0 amide bonds. The maximum absolute atomic E-state index is 13.3. The summed E-state index contributed by atoms with van der Waals surface area (Å²) < 4.78 is 68.7. The standard InChI is InChI=1S/C59H66O11S/c1-3-34-71-59-57(66-40-49-32-20-9-21-33-49)54(64-38-47-28-16-7-17-29-47)53(51(69-59)42-62-36-45-24-12-5-13-25-45)70-58-56(65-39-48-30-18-8-19-31-48)55(67-43(2)60)52(63-37-46-26-14-6-15-27-46)50(68-58)41-61-35-44-22-10-4-11-23-44/h4-33,50-59H,3,34-42H2,1-2H3/t50-,51-,52+,53-,54+,55+,56-,57-,58+,59+/m1/s1. The van der Waals surface area contributed by atoms with E-state index in [9.17, 15) is 4.79 Å². The van der Waals surface area contributed by atoms with Crippen molar-refractivity contribution in [2.45, 2.75) is 120 Å². The molecule has 374 valence electrons. The molecule has 2 aliphatic heterocycles. The quantitative estimate of drug-likeness (QED) is 0.0483. The van der Waals surface area contributed by atoms with Gasteiger partial charge in [0.15, 0.2) is 12.4 Å². The average molecular weight is 983 g/mol. The molecule has 10 atom stereocenters. The summed E-state index contributed by atoms with van der Waals surface area (Å²) in [6.45, 7) is 5.38. The fourth-order valence-corrected chi connectivity index (χ4v) is 9.80. The van der Waals surface area contributed by atoms with Crippen molar-refractivity contribution in [1.82, 2.24) is 0 Å². The number of carbonyl (C=O) groups excluding carboxylic acids is 1. The van der Waals surface area contributed by atoms with E-state index in [4.69, 9.17) is 47.4 Å². The van der Waals surface area contributed by atoms with E-state index in [0.29, 0.717) is 19.8 Å². The fourth-order valence-electron chi connectivity index (χ4n) is 8.69. The third kappa shape index (κ3) is 15.9. The van der Waals surface area contributed by atoms with E-state index in [0.717, 1.165) is 45.6 Å². The van der Waals surface area contributed by atoms with Gasteiger partial charge in [0.25, 0.3) is 0 Å². The summed E-state index contributed by atoms with van der Waals surface area (Å²) in [6.07, 6.45) is -6.81. The van der Waals surface area contributed by atoms with Crippen molar-refractivity contribution >= 4 is 17.7 Å². The van der Waals surface area contributed by atoms with Gasteiger partial charge in [0.1, 0.15) is 48.2 Å². The third-order valence-corrected chi connectivity index (χ3v) is 13.5. The lowest BCUT2D eigenvalue weighted by molar-refractivity contribution is -0.356. The van der Waals surface area contributed by atoms with E-state index in [1.807, 2.05) is 182 Å². The first-order valence-electron chi connectivity index (χ1n) is 24.6. The number of hydrogen-bond donors (Lipinski definition) is 0. The van der Waals surface area contributed by atoms with Gasteiger partial charge in [-0.05, 0) is 45.6 Å². The largest absolute Gasteiger partial charge is 0.457 e. The predicted molar refractivity (Wildman–Crippen MR) is 273 cm³/mol. The molecule has 0 unspecified atom stereocenters. The number of thioether (sulfide) groups is 1. The van der Waals surface area contributed by atoms with Crippen LogP contribution in [-0.4, -0.2) is 85.5 Å². The lowest BCUT2D eigenvalue weighted by Gasteiger charge is -2.50. The average Bonchev–Trinajstić information content (AvgIpc) is 3.41. The van der Waals surface area contributed by atoms with E-state index in [-0.39, 0.29) is 33.0 Å². The van der Waals surface area contributed by atoms with Gasteiger partial charge in [-0.15, -0.1) is 11.8 Å². The Kier molecular flexibility index (Phi) is 20.7. The molecule has 2 aliphatic rings. The molecular weight excluding hydrogens is 917 g/mol. The van der Waals surface area contributed by atoms with Gasteiger partial charge in [-0.25, -0.2) is 0 Å². The molecule has 0 aliphatic carbocycles. The summed E-state index contributed by atoms with van der Waals surface area (Å²) in [6, 6.07) is 59.8. The van der Waals surface area contributed by atoms with Gasteiger partial charge in [-0.3, -0.25) is 4.79 Å². The number of esters is 1. The van der Waals surface area contributed by atoms with E-state index in [2.05, 4.69) is 6.92 Å². The zero-order valence-corrected chi connectivity index (χ0v) is 41.4. The van der Waals surface area contributed by atoms with Crippen LogP contribution in [0.4, 0.5) is 0 Å². The maximum Gasteiger partial charge on any atom is 0.303 e. The highest BCUT2D eigenvalue weighted by molar-refractivity contribution is 7.99. The first-order chi connectivity index (χ1) is 35.0. The first-order valence-corrected chi connectivity index (χ1v) is 25.7. The third-order valence-electron chi connectivity index (χ3n) is 12.2. The first kappa shape index (κ1) is 52.1. The molecule has 2 fully saturated rings. The zero-order chi connectivity index (χ0) is 48.9. The van der Waals surface area contributed by atoms with Crippen LogP contribution in [0.1, 0.15) is 53.6 Å². The smallest absolute Gasteiger partial charge is 0.303 e. The lowest BCUT2D eigenvalue weighted by atomic mass is 9.96. The summed E-state index contributed by atoms with van der Waals surface area (Å²) in [4.78, 5) is 13.3. The monoisotopic (exact) mass is 982 g/mol. The SMILES string of the molecule is CCCS[C@@H]1O[C@H](COCc2ccccc2)[C@@H](O[C@@H]2O[C@H](COCc3ccccc3)[C@H](OCc3ccccc3)[C@H](OC(C)=O)[C@H]2OCc2ccccc2)[C@H](OCc2ccccc2)[C@H]1OCc1ccccc1. The Morgan fingerprint density at radius 1 is 0.437 bits per heavy atom. The molecular formula is C59H66O11S. The van der Waals surface area contributed by atoms with Gasteiger partial charge in [0.2, 0.25) is 0 Å². The summed E-state index contributed by atoms with van der Waals surface area (Å²) >= 11 is 1.69. The Bertz CT molecular complexity index is 2390. The minimum Gasteiger partial charge on any atom is -0.457 e. The summed E-state index contributed by atoms with van der Waals surface area (Å²) in [7, 11) is 0. The van der Waals surface area contributed by atoms with Crippen molar-refractivity contribution in [3.63, 3.8) is 0 Å². The van der Waals surface area contributed by atoms with Crippen LogP contribution >= 0.6 is 11.8 Å². The second kappa shape index (κ2) is 28.1. The van der Waals surface area contributed by atoms with Crippen molar-refractivity contribution in [2.24, 2.45) is 0 Å². The van der Waals surface area contributed by atoms with Crippen molar-refractivity contribution in [2.75, 3.05) is 19.0 Å². The van der Waals surface area contributed by atoms with Crippen molar-refractivity contribution < 1.29 is 52.2 Å². The highest BCUT2D eigenvalue weighted by atomic mass is 32.2. The van der Waals surface area contributed by atoms with Gasteiger partial charge < -0.3 is 47.4 Å². The van der Waals surface area contributed by atoms with Crippen LogP contribution in [0.2, 0.25) is 0 Å². The summed E-state index contributed by atoms with van der Waals surface area (Å²) in [5.74, 6) is 0.314. The molecule has 71 heavy (non-hydrogen) atoms. The number of benzene rings is 6. The normalized spacial score (nSPS) is 24.3. The molecule has 11 nitrogen and oxygen atoms in total. The molecule has 6 aromatic carbocycles. The van der Waals surface area contributed by atoms with Gasteiger partial charge in [0.05, 0.1) is 52.9 Å². The van der Waals surface area contributed by atoms with Crippen LogP contribution in [0.5, 0.6) is 0 Å². The van der Waals surface area contributed by atoms with Crippen LogP contribution in [0.3, 0.4) is 0 Å². The molecule has 8 rings (SSSR count). The van der Waals surface area contributed by atoms with Crippen molar-refractivity contribution in [3.05, 3.63) is 215 Å². The van der Waals surface area contributed by atoms with E-state index < -0.39 is 66.5 Å². The Labute approximate surface area is 423 Å². The Morgan fingerprint density at radius 3 is 1.21 bits per heavy atom. The number of hydrogen-bond acceptors (Lipinski definition) is 12. The Hall–Kier alpha value is -5.22.